The molecule has 4 aromatic rings. The number of anilines is 1. The van der Waals surface area contributed by atoms with Crippen molar-refractivity contribution in [3.05, 3.63) is 112 Å². The van der Waals surface area contributed by atoms with Gasteiger partial charge < -0.3 is 5.32 Å². The Labute approximate surface area is 186 Å². The summed E-state index contributed by atoms with van der Waals surface area (Å²) in [6, 6.07) is 26.4. The zero-order valence-electron chi connectivity index (χ0n) is 17.3. The average Bonchev–Trinajstić information content (AvgIpc) is 3.38. The molecular weight excluding hydrogens is 402 g/mol. The Balaban J connectivity index is 1.39. The minimum Gasteiger partial charge on any atom is -0.306 e. The second kappa shape index (κ2) is 8.44. The smallest absolute Gasteiger partial charge is 0.256 e. The molecule has 1 aromatic heterocycles. The Morgan fingerprint density at radius 2 is 1.74 bits per heavy atom. The van der Waals surface area contributed by atoms with Gasteiger partial charge >= 0.3 is 0 Å². The molecule has 4 nitrogen and oxygen atoms in total. The van der Waals surface area contributed by atoms with Gasteiger partial charge in [0.2, 0.25) is 0 Å². The van der Waals surface area contributed by atoms with Crippen LogP contribution in [0.1, 0.15) is 38.3 Å². The molecule has 0 spiro atoms. The summed E-state index contributed by atoms with van der Waals surface area (Å²) < 4.78 is 1.87. The molecule has 0 aliphatic carbocycles. The highest BCUT2D eigenvalue weighted by Gasteiger charge is 2.25. The summed E-state index contributed by atoms with van der Waals surface area (Å²) in [5.41, 5.74) is 7.40. The van der Waals surface area contributed by atoms with Crippen LogP contribution < -0.4 is 5.32 Å². The number of aryl methyl sites for hydroxylation is 1. The summed E-state index contributed by atoms with van der Waals surface area (Å²) in [5, 5.41) is 7.93. The first-order valence-corrected chi connectivity index (χ1v) is 11.5. The number of rotatable bonds is 5. The molecule has 3 aromatic carbocycles. The maximum absolute atomic E-state index is 13.1. The summed E-state index contributed by atoms with van der Waals surface area (Å²) in [4.78, 5) is 13.1. The Bertz CT molecular complexity index is 1230. The Hall–Kier alpha value is -3.31. The number of aromatic nitrogens is 2. The predicted octanol–water partition coefficient (Wildman–Crippen LogP) is 5.77. The molecule has 0 saturated carbocycles. The third-order valence-corrected chi connectivity index (χ3v) is 6.47. The molecule has 1 aliphatic heterocycles. The van der Waals surface area contributed by atoms with E-state index in [2.05, 4.69) is 36.5 Å². The van der Waals surface area contributed by atoms with E-state index < -0.39 is 0 Å². The molecule has 0 atom stereocenters. The largest absolute Gasteiger partial charge is 0.306 e. The van der Waals surface area contributed by atoms with Gasteiger partial charge in [-0.3, -0.25) is 4.79 Å². The van der Waals surface area contributed by atoms with Gasteiger partial charge in [0.15, 0.2) is 0 Å². The topological polar surface area (TPSA) is 46.9 Å². The van der Waals surface area contributed by atoms with Gasteiger partial charge in [-0.25, -0.2) is 4.68 Å². The molecule has 1 amide bonds. The van der Waals surface area contributed by atoms with Crippen LogP contribution in [0, 0.1) is 6.92 Å². The van der Waals surface area contributed by atoms with E-state index in [1.807, 2.05) is 71.0 Å². The molecule has 1 aliphatic rings. The Kier molecular flexibility index (Phi) is 5.35. The van der Waals surface area contributed by atoms with E-state index in [0.29, 0.717) is 5.56 Å². The highest BCUT2D eigenvalue weighted by molar-refractivity contribution is 7.98. The fourth-order valence-electron chi connectivity index (χ4n) is 3.87. The molecule has 0 unspecified atom stereocenters. The first-order valence-electron chi connectivity index (χ1n) is 10.4. The number of fused-ring (bicyclic) bond motifs is 1. The second-order valence-corrected chi connectivity index (χ2v) is 8.82. The Morgan fingerprint density at radius 1 is 0.968 bits per heavy atom. The highest BCUT2D eigenvalue weighted by atomic mass is 32.2. The van der Waals surface area contributed by atoms with E-state index in [1.165, 1.54) is 11.1 Å². The fourth-order valence-corrected chi connectivity index (χ4v) is 4.91. The number of carbonyl (C=O) groups excluding carboxylic acids is 1. The molecular formula is C26H23N3OS. The molecule has 0 bridgehead atoms. The summed E-state index contributed by atoms with van der Waals surface area (Å²) in [6.45, 7) is 2.06. The van der Waals surface area contributed by atoms with E-state index in [4.69, 9.17) is 5.10 Å². The van der Waals surface area contributed by atoms with E-state index in [-0.39, 0.29) is 5.91 Å². The molecule has 5 rings (SSSR count). The van der Waals surface area contributed by atoms with Crippen LogP contribution in [0.3, 0.4) is 0 Å². The van der Waals surface area contributed by atoms with Gasteiger partial charge in [0, 0.05) is 22.6 Å². The molecule has 154 valence electrons. The van der Waals surface area contributed by atoms with Crippen LogP contribution in [0.25, 0.3) is 5.69 Å². The molecule has 2 heterocycles. The normalized spacial score (nSPS) is 12.5. The van der Waals surface area contributed by atoms with Gasteiger partial charge in [0.05, 0.1) is 11.4 Å². The van der Waals surface area contributed by atoms with E-state index in [1.54, 1.807) is 0 Å². The third-order valence-electron chi connectivity index (χ3n) is 5.50. The lowest BCUT2D eigenvalue weighted by atomic mass is 10.0. The van der Waals surface area contributed by atoms with Crippen LogP contribution in [0.4, 0.5) is 5.82 Å². The number of carbonyl (C=O) groups is 1. The van der Waals surface area contributed by atoms with Crippen LogP contribution >= 0.6 is 11.8 Å². The quantitative estimate of drug-likeness (QED) is 0.441. The second-order valence-electron chi connectivity index (χ2n) is 7.83. The first kappa shape index (κ1) is 19.6. The molecule has 0 saturated heterocycles. The van der Waals surface area contributed by atoms with Crippen molar-refractivity contribution >= 4 is 23.5 Å². The molecule has 0 radical (unpaired) electrons. The lowest BCUT2D eigenvalue weighted by Gasteiger charge is -2.12. The molecule has 5 heteroatoms. The number of amides is 1. The maximum Gasteiger partial charge on any atom is 0.256 e. The monoisotopic (exact) mass is 425 g/mol. The molecule has 31 heavy (non-hydrogen) atoms. The standard InChI is InChI=1S/C26H23N3OS/c1-18-6-5-9-22(14-18)29-25(23-16-31-17-24(23)28-29)27-26(30)21-12-10-20(11-13-21)15-19-7-3-2-4-8-19/h2-14H,15-17H2,1H3,(H,27,30). The lowest BCUT2D eigenvalue weighted by molar-refractivity contribution is 0.102. The zero-order chi connectivity index (χ0) is 21.2. The van der Waals surface area contributed by atoms with Crippen LogP contribution in [0.2, 0.25) is 0 Å². The number of thioether (sulfide) groups is 1. The third kappa shape index (κ3) is 4.14. The first-order chi connectivity index (χ1) is 15.2. The van der Waals surface area contributed by atoms with Crippen LogP contribution in [0.15, 0.2) is 78.9 Å². The SMILES string of the molecule is Cc1cccc(-n2nc3c(c2NC(=O)c2ccc(Cc4ccccc4)cc2)CSC3)c1. The van der Waals surface area contributed by atoms with E-state index in [0.717, 1.165) is 46.3 Å². The fraction of sp³-hybridized carbons (Fsp3) is 0.154. The van der Waals surface area contributed by atoms with Gasteiger partial charge in [0.1, 0.15) is 5.82 Å². The van der Waals surface area contributed by atoms with Gasteiger partial charge in [-0.05, 0) is 54.3 Å². The minimum atomic E-state index is -0.111. The van der Waals surface area contributed by atoms with Gasteiger partial charge in [-0.15, -0.1) is 0 Å². The van der Waals surface area contributed by atoms with Crippen LogP contribution in [-0.2, 0) is 17.9 Å². The number of benzene rings is 3. The van der Waals surface area contributed by atoms with Crippen molar-refractivity contribution in [2.24, 2.45) is 0 Å². The number of hydrogen-bond acceptors (Lipinski definition) is 3. The van der Waals surface area contributed by atoms with Crippen molar-refractivity contribution in [3.8, 4) is 5.69 Å². The number of nitrogens with one attached hydrogen (secondary N) is 1. The summed E-state index contributed by atoms with van der Waals surface area (Å²) in [5.74, 6) is 2.42. The molecule has 1 N–H and O–H groups in total. The maximum atomic E-state index is 13.1. The van der Waals surface area contributed by atoms with Crippen molar-refractivity contribution in [3.63, 3.8) is 0 Å². The zero-order valence-corrected chi connectivity index (χ0v) is 18.2. The minimum absolute atomic E-state index is 0.111. The number of hydrogen-bond donors (Lipinski definition) is 1. The van der Waals surface area contributed by atoms with Crippen molar-refractivity contribution < 1.29 is 4.79 Å². The van der Waals surface area contributed by atoms with Crippen molar-refractivity contribution in [1.82, 2.24) is 9.78 Å². The van der Waals surface area contributed by atoms with Crippen molar-refractivity contribution in [2.75, 3.05) is 5.32 Å². The summed E-state index contributed by atoms with van der Waals surface area (Å²) in [6.07, 6.45) is 0.855. The lowest BCUT2D eigenvalue weighted by Crippen LogP contribution is -2.16. The van der Waals surface area contributed by atoms with Gasteiger partial charge in [0.25, 0.3) is 5.91 Å². The summed E-state index contributed by atoms with van der Waals surface area (Å²) in [7, 11) is 0. The average molecular weight is 426 g/mol. The van der Waals surface area contributed by atoms with Gasteiger partial charge in [-0.2, -0.15) is 16.9 Å². The van der Waals surface area contributed by atoms with Crippen molar-refractivity contribution in [1.29, 1.82) is 0 Å². The van der Waals surface area contributed by atoms with Crippen LogP contribution in [-0.4, -0.2) is 15.7 Å². The number of nitrogens with zero attached hydrogens (tertiary/aromatic N) is 2. The van der Waals surface area contributed by atoms with E-state index in [9.17, 15) is 4.79 Å². The van der Waals surface area contributed by atoms with E-state index >= 15 is 0 Å². The van der Waals surface area contributed by atoms with Crippen molar-refractivity contribution in [2.45, 2.75) is 24.9 Å². The van der Waals surface area contributed by atoms with Gasteiger partial charge in [-0.1, -0.05) is 54.6 Å². The molecule has 0 fully saturated rings. The summed E-state index contributed by atoms with van der Waals surface area (Å²) >= 11 is 1.83. The van der Waals surface area contributed by atoms with Crippen LogP contribution in [0.5, 0.6) is 0 Å². The Morgan fingerprint density at radius 3 is 2.52 bits per heavy atom. The predicted molar refractivity (Wildman–Crippen MR) is 127 cm³/mol. The highest BCUT2D eigenvalue weighted by Crippen LogP contribution is 2.36.